The molecule has 0 aromatic heterocycles. The second-order valence-electron chi connectivity index (χ2n) is 5.64. The minimum atomic E-state index is -0.263. The molecule has 1 aliphatic rings. The van der Waals surface area contributed by atoms with Crippen LogP contribution in [0.4, 0.5) is 5.69 Å². The molecule has 1 aromatic carbocycles. The van der Waals surface area contributed by atoms with E-state index in [1.807, 2.05) is 18.2 Å². The average molecular weight is 354 g/mol. The summed E-state index contributed by atoms with van der Waals surface area (Å²) in [4.78, 5) is 24.7. The van der Waals surface area contributed by atoms with Crippen molar-refractivity contribution < 1.29 is 9.59 Å². The molecule has 2 N–H and O–H groups in total. The van der Waals surface area contributed by atoms with Crippen molar-refractivity contribution in [1.82, 2.24) is 10.6 Å². The standard InChI is InChI=1S/C15H20BrN3O2/c1-10(2)6-17-7-11-3-4-13(12(16)5-11)19-8-14(20)18-15(21)9-19/h3-5,10,17H,6-9H2,1-2H3,(H,18,20,21). The Morgan fingerprint density at radius 1 is 1.29 bits per heavy atom. The Kier molecular flexibility index (Phi) is 5.36. The number of nitrogens with one attached hydrogen (secondary N) is 2. The molecule has 1 saturated heterocycles. The number of hydrogen-bond donors (Lipinski definition) is 2. The van der Waals surface area contributed by atoms with Crippen LogP contribution in [0, 0.1) is 5.92 Å². The average Bonchev–Trinajstić information content (AvgIpc) is 2.37. The molecular formula is C15H20BrN3O2. The number of hydrogen-bond acceptors (Lipinski definition) is 4. The van der Waals surface area contributed by atoms with Gasteiger partial charge in [-0.25, -0.2) is 0 Å². The highest BCUT2D eigenvalue weighted by Gasteiger charge is 2.23. The molecule has 2 rings (SSSR count). The molecule has 21 heavy (non-hydrogen) atoms. The molecule has 0 radical (unpaired) electrons. The summed E-state index contributed by atoms with van der Waals surface area (Å²) in [5.74, 6) is 0.0900. The van der Waals surface area contributed by atoms with Gasteiger partial charge in [0.05, 0.1) is 18.8 Å². The second kappa shape index (κ2) is 7.04. The molecule has 114 valence electrons. The molecular weight excluding hydrogens is 334 g/mol. The van der Waals surface area contributed by atoms with Gasteiger partial charge in [0.1, 0.15) is 0 Å². The van der Waals surface area contributed by atoms with Gasteiger partial charge >= 0.3 is 0 Å². The van der Waals surface area contributed by atoms with E-state index in [0.717, 1.165) is 23.2 Å². The van der Waals surface area contributed by atoms with Gasteiger partial charge in [0.15, 0.2) is 0 Å². The Morgan fingerprint density at radius 3 is 2.52 bits per heavy atom. The van der Waals surface area contributed by atoms with Crippen molar-refractivity contribution in [2.45, 2.75) is 20.4 Å². The quantitative estimate of drug-likeness (QED) is 0.790. The topological polar surface area (TPSA) is 61.4 Å². The molecule has 1 heterocycles. The Balaban J connectivity index is 2.05. The molecule has 1 aliphatic heterocycles. The Hall–Kier alpha value is -1.40. The molecule has 6 heteroatoms. The van der Waals surface area contributed by atoms with Crippen LogP contribution in [0.1, 0.15) is 19.4 Å². The number of nitrogens with zero attached hydrogens (tertiary/aromatic N) is 1. The van der Waals surface area contributed by atoms with Crippen LogP contribution in [0.15, 0.2) is 22.7 Å². The first-order valence-corrected chi connectivity index (χ1v) is 7.82. The van der Waals surface area contributed by atoms with E-state index in [2.05, 4.69) is 40.4 Å². The number of halogens is 1. The minimum Gasteiger partial charge on any atom is -0.352 e. The summed E-state index contributed by atoms with van der Waals surface area (Å²) >= 11 is 3.53. The van der Waals surface area contributed by atoms with Crippen molar-refractivity contribution >= 4 is 33.4 Å². The van der Waals surface area contributed by atoms with Gasteiger partial charge in [-0.3, -0.25) is 14.9 Å². The Bertz CT molecular complexity index is 530. The van der Waals surface area contributed by atoms with Crippen LogP contribution < -0.4 is 15.5 Å². The third-order valence-electron chi connectivity index (χ3n) is 3.18. The third-order valence-corrected chi connectivity index (χ3v) is 3.82. The lowest BCUT2D eigenvalue weighted by molar-refractivity contribution is -0.130. The molecule has 0 saturated carbocycles. The van der Waals surface area contributed by atoms with Gasteiger partial charge < -0.3 is 10.2 Å². The summed E-state index contributed by atoms with van der Waals surface area (Å²) < 4.78 is 0.897. The third kappa shape index (κ3) is 4.54. The van der Waals surface area contributed by atoms with Gasteiger partial charge in [0, 0.05) is 11.0 Å². The fourth-order valence-electron chi connectivity index (χ4n) is 2.23. The highest BCUT2D eigenvalue weighted by Crippen LogP contribution is 2.27. The fraction of sp³-hybridized carbons (Fsp3) is 0.467. The summed E-state index contributed by atoms with van der Waals surface area (Å²) in [5, 5.41) is 5.69. The molecule has 1 aromatic rings. The first kappa shape index (κ1) is 16.0. The van der Waals surface area contributed by atoms with E-state index in [9.17, 15) is 9.59 Å². The van der Waals surface area contributed by atoms with Crippen LogP contribution >= 0.6 is 15.9 Å². The van der Waals surface area contributed by atoms with E-state index >= 15 is 0 Å². The summed E-state index contributed by atoms with van der Waals surface area (Å²) in [6, 6.07) is 5.99. The lowest BCUT2D eigenvalue weighted by Crippen LogP contribution is -2.51. The van der Waals surface area contributed by atoms with Gasteiger partial charge in [-0.1, -0.05) is 19.9 Å². The number of piperazine rings is 1. The van der Waals surface area contributed by atoms with Gasteiger partial charge in [-0.15, -0.1) is 0 Å². The van der Waals surface area contributed by atoms with Crippen LogP contribution in [0.25, 0.3) is 0 Å². The highest BCUT2D eigenvalue weighted by molar-refractivity contribution is 9.10. The Morgan fingerprint density at radius 2 is 1.95 bits per heavy atom. The summed E-state index contributed by atoms with van der Waals surface area (Å²) in [7, 11) is 0. The first-order valence-electron chi connectivity index (χ1n) is 7.02. The van der Waals surface area contributed by atoms with E-state index in [1.165, 1.54) is 5.56 Å². The van der Waals surface area contributed by atoms with Crippen molar-refractivity contribution in [3.8, 4) is 0 Å². The monoisotopic (exact) mass is 353 g/mol. The van der Waals surface area contributed by atoms with E-state index in [1.54, 1.807) is 4.90 Å². The van der Waals surface area contributed by atoms with Gasteiger partial charge in [-0.2, -0.15) is 0 Å². The molecule has 1 fully saturated rings. The number of benzene rings is 1. The number of anilines is 1. The summed E-state index contributed by atoms with van der Waals surface area (Å²) in [6.07, 6.45) is 0. The molecule has 0 bridgehead atoms. The number of carbonyl (C=O) groups is 2. The van der Waals surface area contributed by atoms with Crippen LogP contribution in [-0.2, 0) is 16.1 Å². The predicted octanol–water partition coefficient (Wildman–Crippen LogP) is 1.66. The zero-order valence-corrected chi connectivity index (χ0v) is 13.9. The van der Waals surface area contributed by atoms with Crippen molar-refractivity contribution in [3.63, 3.8) is 0 Å². The highest BCUT2D eigenvalue weighted by atomic mass is 79.9. The maximum Gasteiger partial charge on any atom is 0.246 e. The number of rotatable bonds is 5. The van der Waals surface area contributed by atoms with Crippen LogP contribution in [0.5, 0.6) is 0 Å². The first-order chi connectivity index (χ1) is 9.95. The second-order valence-corrected chi connectivity index (χ2v) is 6.49. The molecule has 0 spiro atoms. The normalized spacial score (nSPS) is 15.5. The number of carbonyl (C=O) groups excluding carboxylic acids is 2. The minimum absolute atomic E-state index is 0.204. The van der Waals surface area contributed by atoms with E-state index < -0.39 is 0 Å². The molecule has 0 unspecified atom stereocenters. The van der Waals surface area contributed by atoms with Crippen molar-refractivity contribution in [2.75, 3.05) is 24.5 Å². The van der Waals surface area contributed by atoms with Crippen molar-refractivity contribution in [2.24, 2.45) is 5.92 Å². The fourth-order valence-corrected chi connectivity index (χ4v) is 2.91. The molecule has 0 aliphatic carbocycles. The molecule has 2 amide bonds. The summed E-state index contributed by atoms with van der Waals surface area (Å²) in [6.45, 7) is 6.52. The lowest BCUT2D eigenvalue weighted by atomic mass is 10.1. The number of amides is 2. The van der Waals surface area contributed by atoms with Gasteiger partial charge in [0.2, 0.25) is 11.8 Å². The van der Waals surface area contributed by atoms with E-state index in [0.29, 0.717) is 5.92 Å². The van der Waals surface area contributed by atoms with Gasteiger partial charge in [-0.05, 0) is 46.1 Å². The van der Waals surface area contributed by atoms with Crippen molar-refractivity contribution in [3.05, 3.63) is 28.2 Å². The van der Waals surface area contributed by atoms with Crippen LogP contribution in [0.2, 0.25) is 0 Å². The maximum absolute atomic E-state index is 11.4. The molecule has 5 nitrogen and oxygen atoms in total. The van der Waals surface area contributed by atoms with Crippen molar-refractivity contribution in [1.29, 1.82) is 0 Å². The predicted molar refractivity (Wildman–Crippen MR) is 86.0 cm³/mol. The Labute approximate surface area is 133 Å². The largest absolute Gasteiger partial charge is 0.352 e. The lowest BCUT2D eigenvalue weighted by Gasteiger charge is -2.28. The molecule has 0 atom stereocenters. The number of imide groups is 1. The maximum atomic E-state index is 11.4. The van der Waals surface area contributed by atoms with Crippen LogP contribution in [0.3, 0.4) is 0 Å². The smallest absolute Gasteiger partial charge is 0.246 e. The van der Waals surface area contributed by atoms with E-state index in [-0.39, 0.29) is 24.9 Å². The van der Waals surface area contributed by atoms with Crippen LogP contribution in [-0.4, -0.2) is 31.4 Å². The van der Waals surface area contributed by atoms with E-state index in [4.69, 9.17) is 0 Å². The zero-order chi connectivity index (χ0) is 15.4. The summed E-state index contributed by atoms with van der Waals surface area (Å²) in [5.41, 5.74) is 2.03. The van der Waals surface area contributed by atoms with Gasteiger partial charge in [0.25, 0.3) is 0 Å². The zero-order valence-electron chi connectivity index (χ0n) is 12.3. The SMILES string of the molecule is CC(C)CNCc1ccc(N2CC(=O)NC(=O)C2)c(Br)c1.